The average Bonchev–Trinajstić information content (AvgIpc) is 3.03. The first-order valence-electron chi connectivity index (χ1n) is 10.6. The highest BCUT2D eigenvalue weighted by Gasteiger charge is 2.36. The topological polar surface area (TPSA) is 84.9 Å². The van der Waals surface area contributed by atoms with Gasteiger partial charge in [-0.25, -0.2) is 4.90 Å². The molecule has 1 aliphatic heterocycles. The summed E-state index contributed by atoms with van der Waals surface area (Å²) in [5.74, 6) is -0.746. The zero-order valence-electron chi connectivity index (χ0n) is 17.9. The van der Waals surface area contributed by atoms with Gasteiger partial charge in [-0.1, -0.05) is 24.3 Å². The van der Waals surface area contributed by atoms with E-state index < -0.39 is 0 Å². The molecule has 0 unspecified atom stereocenters. The first-order chi connectivity index (χ1) is 15.0. The van der Waals surface area contributed by atoms with E-state index in [4.69, 9.17) is 9.47 Å². The molecule has 0 spiro atoms. The number of hydrogen-bond donors (Lipinski definition) is 1. The molecule has 3 amide bonds. The molecule has 0 radical (unpaired) electrons. The number of carbonyl (C=O) groups excluding carboxylic acids is 3. The molecule has 0 bridgehead atoms. The Bertz CT molecular complexity index is 885. The Balaban J connectivity index is 1.49. The maximum atomic E-state index is 12.6. The number of imide groups is 1. The van der Waals surface area contributed by atoms with Crippen LogP contribution in [-0.4, -0.2) is 43.8 Å². The van der Waals surface area contributed by atoms with Crippen molar-refractivity contribution in [2.24, 2.45) is 0 Å². The second-order valence-corrected chi connectivity index (χ2v) is 7.17. The Morgan fingerprint density at radius 3 is 2.06 bits per heavy atom. The van der Waals surface area contributed by atoms with Crippen molar-refractivity contribution in [2.45, 2.75) is 39.4 Å². The number of nitrogens with one attached hydrogen (secondary N) is 1. The van der Waals surface area contributed by atoms with Crippen LogP contribution in [0.1, 0.15) is 53.0 Å². The van der Waals surface area contributed by atoms with Gasteiger partial charge in [-0.3, -0.25) is 14.4 Å². The summed E-state index contributed by atoms with van der Waals surface area (Å²) >= 11 is 0. The van der Waals surface area contributed by atoms with Crippen LogP contribution >= 0.6 is 0 Å². The van der Waals surface area contributed by atoms with E-state index in [1.54, 1.807) is 48.5 Å². The Hall–Kier alpha value is -3.03. The van der Waals surface area contributed by atoms with Crippen molar-refractivity contribution in [3.63, 3.8) is 0 Å². The van der Waals surface area contributed by atoms with E-state index in [1.165, 1.54) is 4.90 Å². The summed E-state index contributed by atoms with van der Waals surface area (Å²) in [5.41, 5.74) is 2.12. The number of carbonyl (C=O) groups is 3. The third kappa shape index (κ3) is 5.57. The number of amides is 3. The Morgan fingerprint density at radius 1 is 0.935 bits per heavy atom. The predicted octanol–water partition coefficient (Wildman–Crippen LogP) is 3.33. The molecule has 31 heavy (non-hydrogen) atoms. The van der Waals surface area contributed by atoms with Crippen molar-refractivity contribution in [3.8, 4) is 0 Å². The quantitative estimate of drug-likeness (QED) is 0.340. The molecule has 7 nitrogen and oxygen atoms in total. The molecule has 0 fully saturated rings. The summed E-state index contributed by atoms with van der Waals surface area (Å²) < 4.78 is 11.0. The van der Waals surface area contributed by atoms with Crippen LogP contribution in [0.3, 0.4) is 0 Å². The van der Waals surface area contributed by atoms with Gasteiger partial charge in [0.2, 0.25) is 5.91 Å². The van der Waals surface area contributed by atoms with Gasteiger partial charge in [0.15, 0.2) is 6.29 Å². The van der Waals surface area contributed by atoms with Gasteiger partial charge in [0.25, 0.3) is 11.8 Å². The number of anilines is 1. The molecule has 0 aromatic heterocycles. The molecule has 7 heteroatoms. The summed E-state index contributed by atoms with van der Waals surface area (Å²) in [4.78, 5) is 38.5. The SMILES string of the molecule is CCOC(CCCNC(=O)Cc1ccc(N2C(=O)c3ccccc3C2=O)cc1)OCC. The number of fused-ring (bicyclic) bond motifs is 1. The Kier molecular flexibility index (Phi) is 7.92. The Labute approximate surface area is 182 Å². The van der Waals surface area contributed by atoms with Crippen molar-refractivity contribution < 1.29 is 23.9 Å². The van der Waals surface area contributed by atoms with E-state index in [1.807, 2.05) is 13.8 Å². The lowest BCUT2D eigenvalue weighted by Gasteiger charge is -2.16. The van der Waals surface area contributed by atoms with Crippen molar-refractivity contribution in [2.75, 3.05) is 24.7 Å². The molecule has 2 aromatic rings. The average molecular weight is 424 g/mol. The molecule has 1 N–H and O–H groups in total. The van der Waals surface area contributed by atoms with E-state index in [2.05, 4.69) is 5.32 Å². The van der Waals surface area contributed by atoms with E-state index in [9.17, 15) is 14.4 Å². The molecule has 0 saturated carbocycles. The molecule has 0 atom stereocenters. The van der Waals surface area contributed by atoms with Crippen LogP contribution in [0.5, 0.6) is 0 Å². The fourth-order valence-electron chi connectivity index (χ4n) is 3.52. The third-order valence-electron chi connectivity index (χ3n) is 5.00. The van der Waals surface area contributed by atoms with Crippen LogP contribution in [0.4, 0.5) is 5.69 Å². The van der Waals surface area contributed by atoms with Crippen LogP contribution in [0, 0.1) is 0 Å². The lowest BCUT2D eigenvalue weighted by atomic mass is 10.1. The summed E-state index contributed by atoms with van der Waals surface area (Å²) in [6, 6.07) is 13.7. The highest BCUT2D eigenvalue weighted by Crippen LogP contribution is 2.28. The monoisotopic (exact) mass is 424 g/mol. The number of benzene rings is 2. The van der Waals surface area contributed by atoms with Crippen LogP contribution in [0.15, 0.2) is 48.5 Å². The minimum atomic E-state index is -0.330. The van der Waals surface area contributed by atoms with Gasteiger partial charge in [-0.2, -0.15) is 0 Å². The molecule has 1 heterocycles. The fourth-order valence-corrected chi connectivity index (χ4v) is 3.52. The van der Waals surface area contributed by atoms with Crippen LogP contribution < -0.4 is 10.2 Å². The zero-order valence-corrected chi connectivity index (χ0v) is 17.9. The van der Waals surface area contributed by atoms with Gasteiger partial charge in [-0.05, 0) is 50.1 Å². The van der Waals surface area contributed by atoms with Crippen molar-refractivity contribution in [1.82, 2.24) is 5.32 Å². The van der Waals surface area contributed by atoms with Gasteiger partial charge >= 0.3 is 0 Å². The van der Waals surface area contributed by atoms with Crippen molar-refractivity contribution >= 4 is 23.4 Å². The molecule has 1 aliphatic rings. The van der Waals surface area contributed by atoms with Crippen molar-refractivity contribution in [3.05, 3.63) is 65.2 Å². The number of nitrogens with zero attached hydrogens (tertiary/aromatic N) is 1. The van der Waals surface area contributed by atoms with Gasteiger partial charge in [0.05, 0.1) is 23.2 Å². The van der Waals surface area contributed by atoms with Crippen LogP contribution in [-0.2, 0) is 20.7 Å². The normalized spacial score (nSPS) is 13.1. The highest BCUT2D eigenvalue weighted by molar-refractivity contribution is 6.34. The van der Waals surface area contributed by atoms with Gasteiger partial charge in [-0.15, -0.1) is 0 Å². The molecular formula is C24H28N2O5. The molecule has 2 aromatic carbocycles. The van der Waals surface area contributed by atoms with E-state index in [0.29, 0.717) is 36.6 Å². The second-order valence-electron chi connectivity index (χ2n) is 7.17. The maximum absolute atomic E-state index is 12.6. The predicted molar refractivity (Wildman–Crippen MR) is 117 cm³/mol. The molecule has 0 saturated heterocycles. The zero-order chi connectivity index (χ0) is 22.2. The lowest BCUT2D eigenvalue weighted by Crippen LogP contribution is -2.29. The maximum Gasteiger partial charge on any atom is 0.266 e. The smallest absolute Gasteiger partial charge is 0.266 e. The minimum Gasteiger partial charge on any atom is -0.356 e. The molecule has 3 rings (SSSR count). The highest BCUT2D eigenvalue weighted by atomic mass is 16.7. The standard InChI is InChI=1S/C24H28N2O5/c1-3-30-22(31-4-2)10-7-15-25-21(27)16-17-11-13-18(14-12-17)26-23(28)19-8-5-6-9-20(19)24(26)29/h5-6,8-9,11-14,22H,3-4,7,10,15-16H2,1-2H3,(H,25,27). The van der Waals surface area contributed by atoms with Crippen LogP contribution in [0.25, 0.3) is 0 Å². The third-order valence-corrected chi connectivity index (χ3v) is 5.00. The summed E-state index contributed by atoms with van der Waals surface area (Å²) in [6.45, 7) is 5.57. The van der Waals surface area contributed by atoms with E-state index in [0.717, 1.165) is 18.4 Å². The number of rotatable bonds is 11. The van der Waals surface area contributed by atoms with E-state index in [-0.39, 0.29) is 30.4 Å². The second kappa shape index (κ2) is 10.8. The van der Waals surface area contributed by atoms with Crippen molar-refractivity contribution in [1.29, 1.82) is 0 Å². The van der Waals surface area contributed by atoms with Gasteiger partial charge < -0.3 is 14.8 Å². The minimum absolute atomic E-state index is 0.0853. The summed E-state index contributed by atoms with van der Waals surface area (Å²) in [7, 11) is 0. The first kappa shape index (κ1) is 22.7. The van der Waals surface area contributed by atoms with Gasteiger partial charge in [0, 0.05) is 26.2 Å². The van der Waals surface area contributed by atoms with E-state index >= 15 is 0 Å². The summed E-state index contributed by atoms with van der Waals surface area (Å²) in [5, 5.41) is 2.90. The number of hydrogen-bond acceptors (Lipinski definition) is 5. The molecular weight excluding hydrogens is 396 g/mol. The van der Waals surface area contributed by atoms with Crippen LogP contribution in [0.2, 0.25) is 0 Å². The fraction of sp³-hybridized carbons (Fsp3) is 0.375. The lowest BCUT2D eigenvalue weighted by molar-refractivity contribution is -0.140. The molecule has 0 aliphatic carbocycles. The summed E-state index contributed by atoms with van der Waals surface area (Å²) in [6.07, 6.45) is 1.47. The largest absolute Gasteiger partial charge is 0.356 e. The number of ether oxygens (including phenoxy) is 2. The molecule has 164 valence electrons. The first-order valence-corrected chi connectivity index (χ1v) is 10.6. The van der Waals surface area contributed by atoms with Gasteiger partial charge in [0.1, 0.15) is 0 Å². The Morgan fingerprint density at radius 2 is 1.52 bits per heavy atom.